The largest absolute Gasteiger partial charge is 0.396 e. The van der Waals surface area contributed by atoms with Crippen LogP contribution in [-0.4, -0.2) is 45.1 Å². The van der Waals surface area contributed by atoms with Crippen LogP contribution in [0.2, 0.25) is 5.02 Å². The van der Waals surface area contributed by atoms with E-state index in [1.807, 2.05) is 13.8 Å². The second-order valence-corrected chi connectivity index (χ2v) is 6.15. The van der Waals surface area contributed by atoms with Gasteiger partial charge in [0.1, 0.15) is 5.82 Å². The van der Waals surface area contributed by atoms with Crippen molar-refractivity contribution in [2.75, 3.05) is 13.2 Å². The number of amides is 1. The summed E-state index contributed by atoms with van der Waals surface area (Å²) in [6.07, 6.45) is 5.24. The zero-order valence-electron chi connectivity index (χ0n) is 12.5. The molecule has 1 heterocycles. The summed E-state index contributed by atoms with van der Waals surface area (Å²) in [4.78, 5) is 23.1. The first-order chi connectivity index (χ1) is 10.0. The van der Waals surface area contributed by atoms with Crippen LogP contribution < -0.4 is 0 Å². The summed E-state index contributed by atoms with van der Waals surface area (Å²) in [7, 11) is 0. The lowest BCUT2D eigenvalue weighted by Gasteiger charge is -2.37. The van der Waals surface area contributed by atoms with E-state index in [1.165, 1.54) is 6.20 Å². The average Bonchev–Trinajstić information content (AvgIpc) is 2.40. The van der Waals surface area contributed by atoms with Gasteiger partial charge in [-0.25, -0.2) is 9.97 Å². The Labute approximate surface area is 130 Å². The van der Waals surface area contributed by atoms with Crippen molar-refractivity contribution in [2.24, 2.45) is 0 Å². The van der Waals surface area contributed by atoms with Crippen LogP contribution in [0, 0.1) is 0 Å². The lowest BCUT2D eigenvalue weighted by molar-refractivity contribution is 0.0556. The lowest BCUT2D eigenvalue weighted by atomic mass is 9.91. The van der Waals surface area contributed by atoms with Crippen molar-refractivity contribution < 1.29 is 9.90 Å². The maximum Gasteiger partial charge on any atom is 0.274 e. The molecule has 0 radical (unpaired) electrons. The van der Waals surface area contributed by atoms with Gasteiger partial charge in [0, 0.05) is 25.1 Å². The van der Waals surface area contributed by atoms with Gasteiger partial charge in [-0.3, -0.25) is 4.79 Å². The molecule has 2 rings (SSSR count). The van der Waals surface area contributed by atoms with Gasteiger partial charge in [-0.2, -0.15) is 0 Å². The van der Waals surface area contributed by atoms with Crippen LogP contribution in [0.25, 0.3) is 0 Å². The molecule has 1 saturated carbocycles. The Morgan fingerprint density at radius 3 is 2.76 bits per heavy atom. The van der Waals surface area contributed by atoms with Gasteiger partial charge in [0.2, 0.25) is 0 Å². The van der Waals surface area contributed by atoms with Crippen molar-refractivity contribution >= 4 is 17.5 Å². The number of hydrogen-bond donors (Lipinski definition) is 1. The first kappa shape index (κ1) is 16.2. The third kappa shape index (κ3) is 3.71. The Bertz CT molecular complexity index is 504. The molecule has 0 aromatic carbocycles. The third-order valence-corrected chi connectivity index (χ3v) is 4.09. The van der Waals surface area contributed by atoms with Gasteiger partial charge in [-0.1, -0.05) is 25.4 Å². The molecule has 1 aliphatic rings. The van der Waals surface area contributed by atoms with Gasteiger partial charge in [-0.15, -0.1) is 0 Å². The number of aliphatic hydroxyl groups is 1. The summed E-state index contributed by atoms with van der Waals surface area (Å²) < 4.78 is 0. The van der Waals surface area contributed by atoms with Crippen LogP contribution in [0.15, 0.2) is 6.20 Å². The van der Waals surface area contributed by atoms with E-state index in [2.05, 4.69) is 9.97 Å². The predicted octanol–water partition coefficient (Wildman–Crippen LogP) is 2.63. The van der Waals surface area contributed by atoms with E-state index in [-0.39, 0.29) is 35.2 Å². The molecule has 0 bridgehead atoms. The van der Waals surface area contributed by atoms with E-state index in [0.29, 0.717) is 18.8 Å². The van der Waals surface area contributed by atoms with E-state index in [0.717, 1.165) is 19.3 Å². The summed E-state index contributed by atoms with van der Waals surface area (Å²) in [6, 6.07) is 0.248. The first-order valence-corrected chi connectivity index (χ1v) is 7.86. The number of nitrogens with zero attached hydrogens (tertiary/aromatic N) is 3. The highest BCUT2D eigenvalue weighted by Gasteiger charge is 2.31. The standard InChI is InChI=1S/C15H22ClN3O2/c1-10(2)14-17-9-12(16)13(18-14)15(21)19(7-4-8-20)11-5-3-6-11/h9-11,20H,3-8H2,1-2H3. The van der Waals surface area contributed by atoms with Gasteiger partial charge in [0.25, 0.3) is 5.91 Å². The molecule has 21 heavy (non-hydrogen) atoms. The summed E-state index contributed by atoms with van der Waals surface area (Å²) in [5, 5.41) is 9.31. The van der Waals surface area contributed by atoms with Crippen LogP contribution in [0.1, 0.15) is 61.8 Å². The molecule has 5 nitrogen and oxygen atoms in total. The Balaban J connectivity index is 2.24. The fourth-order valence-corrected chi connectivity index (χ4v) is 2.51. The topological polar surface area (TPSA) is 66.3 Å². The zero-order valence-corrected chi connectivity index (χ0v) is 13.3. The average molecular weight is 312 g/mol. The monoisotopic (exact) mass is 311 g/mol. The molecular weight excluding hydrogens is 290 g/mol. The number of carbonyl (C=O) groups is 1. The Morgan fingerprint density at radius 2 is 2.24 bits per heavy atom. The minimum atomic E-state index is -0.151. The summed E-state index contributed by atoms with van der Waals surface area (Å²) >= 11 is 6.12. The van der Waals surface area contributed by atoms with Crippen LogP contribution in [-0.2, 0) is 0 Å². The van der Waals surface area contributed by atoms with Gasteiger partial charge in [0.05, 0.1) is 11.2 Å². The van der Waals surface area contributed by atoms with Crippen LogP contribution in [0.3, 0.4) is 0 Å². The maximum absolute atomic E-state index is 12.8. The van der Waals surface area contributed by atoms with Crippen LogP contribution >= 0.6 is 11.6 Å². The number of halogens is 1. The number of aromatic nitrogens is 2. The van der Waals surface area contributed by atoms with Gasteiger partial charge in [0.15, 0.2) is 5.69 Å². The molecule has 0 spiro atoms. The van der Waals surface area contributed by atoms with Crippen molar-refractivity contribution in [3.63, 3.8) is 0 Å². The van der Waals surface area contributed by atoms with Crippen LogP contribution in [0.5, 0.6) is 0 Å². The predicted molar refractivity (Wildman–Crippen MR) is 81.5 cm³/mol. The first-order valence-electron chi connectivity index (χ1n) is 7.48. The van der Waals surface area contributed by atoms with E-state index < -0.39 is 0 Å². The molecule has 0 saturated heterocycles. The fraction of sp³-hybridized carbons (Fsp3) is 0.667. The van der Waals surface area contributed by atoms with E-state index >= 15 is 0 Å². The molecule has 116 valence electrons. The maximum atomic E-state index is 12.8. The molecular formula is C15H22ClN3O2. The number of rotatable bonds is 6. The molecule has 0 unspecified atom stereocenters. The summed E-state index contributed by atoms with van der Waals surface area (Å²) in [5.41, 5.74) is 0.278. The van der Waals surface area contributed by atoms with Crippen molar-refractivity contribution in [1.82, 2.24) is 14.9 Å². The normalized spacial score (nSPS) is 15.1. The van der Waals surface area contributed by atoms with Crippen molar-refractivity contribution in [1.29, 1.82) is 0 Å². The molecule has 1 aliphatic carbocycles. The quantitative estimate of drug-likeness (QED) is 0.877. The second kappa shape index (κ2) is 7.18. The molecule has 1 fully saturated rings. The van der Waals surface area contributed by atoms with Crippen molar-refractivity contribution in [2.45, 2.75) is 51.5 Å². The van der Waals surface area contributed by atoms with Gasteiger partial charge < -0.3 is 10.0 Å². The molecule has 0 atom stereocenters. The van der Waals surface area contributed by atoms with E-state index in [9.17, 15) is 4.79 Å². The SMILES string of the molecule is CC(C)c1ncc(Cl)c(C(=O)N(CCCO)C2CCC2)n1. The molecule has 1 amide bonds. The Kier molecular flexibility index (Phi) is 5.53. The fourth-order valence-electron chi connectivity index (χ4n) is 2.33. The van der Waals surface area contributed by atoms with Gasteiger partial charge in [-0.05, 0) is 25.7 Å². The minimum absolute atomic E-state index is 0.0747. The number of carbonyl (C=O) groups excluding carboxylic acids is 1. The van der Waals surface area contributed by atoms with E-state index in [1.54, 1.807) is 4.90 Å². The lowest BCUT2D eigenvalue weighted by Crippen LogP contribution is -2.45. The summed E-state index contributed by atoms with van der Waals surface area (Å²) in [6.45, 7) is 4.57. The molecule has 1 aromatic heterocycles. The molecule has 0 aliphatic heterocycles. The van der Waals surface area contributed by atoms with Crippen molar-refractivity contribution in [3.8, 4) is 0 Å². The highest BCUT2D eigenvalue weighted by molar-refractivity contribution is 6.33. The van der Waals surface area contributed by atoms with E-state index in [4.69, 9.17) is 16.7 Å². The smallest absolute Gasteiger partial charge is 0.274 e. The van der Waals surface area contributed by atoms with Crippen LogP contribution in [0.4, 0.5) is 0 Å². The number of aliphatic hydroxyl groups excluding tert-OH is 1. The highest BCUT2D eigenvalue weighted by Crippen LogP contribution is 2.27. The third-order valence-electron chi connectivity index (χ3n) is 3.82. The molecule has 6 heteroatoms. The number of hydrogen-bond acceptors (Lipinski definition) is 4. The zero-order chi connectivity index (χ0) is 15.4. The second-order valence-electron chi connectivity index (χ2n) is 5.74. The minimum Gasteiger partial charge on any atom is -0.396 e. The van der Waals surface area contributed by atoms with Gasteiger partial charge >= 0.3 is 0 Å². The molecule has 1 aromatic rings. The Hall–Kier alpha value is -1.20. The molecule has 1 N–H and O–H groups in total. The van der Waals surface area contributed by atoms with Crippen molar-refractivity contribution in [3.05, 3.63) is 22.7 Å². The Morgan fingerprint density at radius 1 is 1.52 bits per heavy atom. The summed E-state index contributed by atoms with van der Waals surface area (Å²) in [5.74, 6) is 0.615. The highest BCUT2D eigenvalue weighted by atomic mass is 35.5.